The number of furan rings is 4. The van der Waals surface area contributed by atoms with E-state index in [2.05, 4.69) is 130 Å². The summed E-state index contributed by atoms with van der Waals surface area (Å²) in [5.41, 5.74) is 35.5. The molecule has 0 saturated carbocycles. The number of anilines is 5. The molecule has 0 aliphatic carbocycles. The molecular weight excluding hydrogens is 1890 g/mol. The number of fused-ring (bicyclic) bond motifs is 5. The van der Waals surface area contributed by atoms with Crippen molar-refractivity contribution < 1.29 is 32.2 Å². The van der Waals surface area contributed by atoms with E-state index in [1.165, 1.54) is 20.2 Å². The SMILES string of the molecule is CN[C@@H](C)Cc1sc2c(NCc3ccco3)cc(Cl)nc2c1C.COC[C@H](N)Cc1sc2c(NCc3ccco3)cc(Cl)nc2c1Br.COC[C@H](N)Cc1sc2c(NCc3ccco3)cc(Cl)nc2c1C.C[C@H](N)Cc1sc2c(NCc3nccs3)cc(Cl)nc2c1Br.N[C@@H](CO)Cc1sc2c(NCc3ccco3)cc(Cl)nc2c1Br. The fraction of sp³-hybridized carbons (Fsp3) is 0.316. The average Bonchev–Trinajstić information content (AvgIpc) is 1.87. The molecule has 0 radical (unpaired) electrons. The molecule has 0 bridgehead atoms. The second kappa shape index (κ2) is 43.9. The normalized spacial score (nSPS) is 12.7. The van der Waals surface area contributed by atoms with E-state index in [4.69, 9.17) is 113 Å². The Morgan fingerprint density at radius 2 is 0.759 bits per heavy atom. The second-order valence-electron chi connectivity index (χ2n) is 26.7. The van der Waals surface area contributed by atoms with E-state index in [9.17, 15) is 0 Å². The van der Waals surface area contributed by atoms with Crippen LogP contribution < -0.4 is 54.8 Å². The van der Waals surface area contributed by atoms with E-state index < -0.39 is 0 Å². The zero-order chi connectivity index (χ0) is 82.7. The number of ether oxygens (including phenoxy) is 2. The number of thiazole rings is 1. The third-order valence-corrected chi connectivity index (χ3v) is 29.1. The lowest BCUT2D eigenvalue weighted by Gasteiger charge is -2.08. The summed E-state index contributed by atoms with van der Waals surface area (Å²) in [6, 6.07) is 24.5. The van der Waals surface area contributed by atoms with Crippen LogP contribution in [-0.4, -0.2) is 106 Å². The fourth-order valence-corrected chi connectivity index (χ4v) is 22.3. The van der Waals surface area contributed by atoms with Gasteiger partial charge in [-0.1, -0.05) is 58.0 Å². The maximum atomic E-state index is 9.16. The molecule has 0 aliphatic heterocycles. The Bertz CT molecular complexity index is 5350. The minimum absolute atomic E-state index is 0.0308. The van der Waals surface area contributed by atoms with Crippen LogP contribution in [0.1, 0.15) is 77.4 Å². The Labute approximate surface area is 745 Å². The summed E-state index contributed by atoms with van der Waals surface area (Å²) >= 11 is 51.8. The Balaban J connectivity index is 0.000000143. The molecule has 15 aromatic heterocycles. The van der Waals surface area contributed by atoms with Gasteiger partial charge in [-0.15, -0.1) is 68.0 Å². The Kier molecular flexibility index (Phi) is 34.3. The van der Waals surface area contributed by atoms with Gasteiger partial charge in [-0.2, -0.15) is 0 Å². The number of thiophene rings is 5. The van der Waals surface area contributed by atoms with Crippen molar-refractivity contribution in [3.63, 3.8) is 0 Å². The quantitative estimate of drug-likeness (QED) is 0.0180. The summed E-state index contributed by atoms with van der Waals surface area (Å²) in [6.07, 6.45) is 12.3. The Morgan fingerprint density at radius 3 is 1.07 bits per heavy atom. The van der Waals surface area contributed by atoms with Crippen LogP contribution in [0, 0.1) is 13.8 Å². The monoisotopic (exact) mass is 1970 g/mol. The Hall–Kier alpha value is -6.13. The van der Waals surface area contributed by atoms with E-state index in [-0.39, 0.29) is 30.8 Å². The third-order valence-electron chi connectivity index (χ3n) is 17.6. The van der Waals surface area contributed by atoms with Crippen LogP contribution in [0.15, 0.2) is 147 Å². The number of pyridine rings is 5. The Morgan fingerprint density at radius 1 is 0.448 bits per heavy atom. The predicted molar refractivity (Wildman–Crippen MR) is 495 cm³/mol. The molecule has 616 valence electrons. The van der Waals surface area contributed by atoms with Crippen LogP contribution in [0.25, 0.3) is 51.1 Å². The zero-order valence-electron chi connectivity index (χ0n) is 63.9. The maximum Gasteiger partial charge on any atom is 0.131 e. The molecule has 23 nitrogen and oxygen atoms in total. The second-order valence-corrected chi connectivity index (χ2v) is 37.6. The van der Waals surface area contributed by atoms with E-state index >= 15 is 0 Å². The van der Waals surface area contributed by atoms with Gasteiger partial charge in [-0.05, 0) is 161 Å². The molecule has 15 N–H and O–H groups in total. The van der Waals surface area contributed by atoms with Crippen molar-refractivity contribution in [1.82, 2.24) is 35.2 Å². The molecule has 0 amide bonds. The van der Waals surface area contributed by atoms with Gasteiger partial charge in [-0.3, -0.25) is 0 Å². The van der Waals surface area contributed by atoms with Crippen molar-refractivity contribution in [1.29, 1.82) is 0 Å². The highest BCUT2D eigenvalue weighted by Crippen LogP contribution is 2.45. The number of hydrogen-bond donors (Lipinski definition) is 11. The van der Waals surface area contributed by atoms with E-state index in [0.717, 1.165) is 156 Å². The molecule has 0 unspecified atom stereocenters. The van der Waals surface area contributed by atoms with Crippen LogP contribution >= 0.6 is 174 Å². The first-order valence-electron chi connectivity index (χ1n) is 36.3. The summed E-state index contributed by atoms with van der Waals surface area (Å²) in [5, 5.41) is 34.7. The molecule has 37 heteroatoms. The maximum absolute atomic E-state index is 9.16. The highest BCUT2D eigenvalue weighted by molar-refractivity contribution is 9.11. The van der Waals surface area contributed by atoms with Crippen molar-refractivity contribution in [3.8, 4) is 0 Å². The molecule has 5 atom stereocenters. The molecule has 15 rings (SSSR count). The van der Waals surface area contributed by atoms with Gasteiger partial charge in [-0.25, -0.2) is 29.9 Å². The number of halogens is 8. The molecule has 116 heavy (non-hydrogen) atoms. The van der Waals surface area contributed by atoms with Gasteiger partial charge in [0.05, 0.1) is 171 Å². The first-order valence-corrected chi connectivity index (χ1v) is 45.5. The molecule has 15 aromatic rings. The van der Waals surface area contributed by atoms with Crippen molar-refractivity contribution in [3.05, 3.63) is 218 Å². The number of hydrogen-bond acceptors (Lipinski definition) is 29. The molecule has 0 fully saturated rings. The van der Waals surface area contributed by atoms with Crippen molar-refractivity contribution in [2.45, 2.75) is 123 Å². The topological polar surface area (TPSA) is 345 Å². The van der Waals surface area contributed by atoms with Crippen LogP contribution in [-0.2, 0) is 74.3 Å². The first-order chi connectivity index (χ1) is 55.9. The number of aliphatic hydroxyl groups excluding tert-OH is 1. The van der Waals surface area contributed by atoms with Gasteiger partial charge in [0.2, 0.25) is 0 Å². The van der Waals surface area contributed by atoms with Gasteiger partial charge in [0.1, 0.15) is 53.8 Å². The number of nitrogens with zero attached hydrogens (tertiary/aromatic N) is 6. The molecule has 0 spiro atoms. The van der Waals surface area contributed by atoms with E-state index in [1.54, 1.807) is 120 Å². The van der Waals surface area contributed by atoms with Gasteiger partial charge in [0.15, 0.2) is 0 Å². The minimum Gasteiger partial charge on any atom is -0.467 e. The molecule has 0 saturated heterocycles. The minimum atomic E-state index is -0.297. The highest BCUT2D eigenvalue weighted by Gasteiger charge is 2.24. The van der Waals surface area contributed by atoms with Crippen molar-refractivity contribution in [2.75, 3.05) is 67.7 Å². The zero-order valence-corrected chi connectivity index (χ0v) is 77.3. The first kappa shape index (κ1) is 90.6. The summed E-state index contributed by atoms with van der Waals surface area (Å²) in [4.78, 5) is 32.5. The predicted octanol–water partition coefficient (Wildman–Crippen LogP) is 21.5. The summed E-state index contributed by atoms with van der Waals surface area (Å²) in [6.45, 7) is 12.4. The number of aliphatic hydroxyl groups is 1. The van der Waals surface area contributed by atoms with Gasteiger partial charge < -0.3 is 87.1 Å². The highest BCUT2D eigenvalue weighted by atomic mass is 79.9. The lowest BCUT2D eigenvalue weighted by atomic mass is 10.1. The lowest BCUT2D eigenvalue weighted by Crippen LogP contribution is -2.27. The number of aromatic nitrogens is 6. The number of rotatable bonds is 31. The van der Waals surface area contributed by atoms with Crippen LogP contribution in [0.5, 0.6) is 0 Å². The van der Waals surface area contributed by atoms with Crippen LogP contribution in [0.2, 0.25) is 25.8 Å². The van der Waals surface area contributed by atoms with E-state index in [0.29, 0.717) is 90.6 Å². The molecule has 0 aromatic carbocycles. The number of nitrogens with one attached hydrogen (secondary N) is 6. The molecule has 15 heterocycles. The fourth-order valence-electron chi connectivity index (χ4n) is 11.9. The molecule has 0 aliphatic rings. The van der Waals surface area contributed by atoms with Gasteiger partial charge >= 0.3 is 0 Å². The summed E-state index contributed by atoms with van der Waals surface area (Å²) < 4.78 is 39.9. The third kappa shape index (κ3) is 24.6. The number of likely N-dealkylation sites (N-methyl/N-ethyl adjacent to an activating group) is 1. The van der Waals surface area contributed by atoms with Crippen LogP contribution in [0.3, 0.4) is 0 Å². The van der Waals surface area contributed by atoms with Gasteiger partial charge in [0, 0.05) is 124 Å². The number of aryl methyl sites for hydroxylation is 2. The van der Waals surface area contributed by atoms with Crippen molar-refractivity contribution >= 4 is 253 Å². The molecular formula is C79H86Br3Cl5N16O7S6. The van der Waals surface area contributed by atoms with Crippen molar-refractivity contribution in [2.24, 2.45) is 22.9 Å². The largest absolute Gasteiger partial charge is 0.467 e. The number of methoxy groups -OCH3 is 2. The number of nitrogens with two attached hydrogens (primary N) is 4. The van der Waals surface area contributed by atoms with Gasteiger partial charge in [0.25, 0.3) is 0 Å². The smallest absolute Gasteiger partial charge is 0.131 e. The average molecular weight is 1980 g/mol. The van der Waals surface area contributed by atoms with E-state index in [1.807, 2.05) is 92.1 Å². The summed E-state index contributed by atoms with van der Waals surface area (Å²) in [7, 11) is 5.30. The lowest BCUT2D eigenvalue weighted by molar-refractivity contribution is 0.180. The standard InChI is InChI=1S/C17H20ClN3O2S.C17H20ClN3OS.C16H17BrClN3O2S.C15H15BrClN3O2S.C14H14BrClN4S2/c1-10-14(6-11(19)9-22-2)24-17-13(7-15(18)21-16(10)17)20-8-12-4-3-5-23-12;1-10(19-3)7-14-11(2)16-17(23-14)13(8-15(18)21-16)20-9-12-5-4-6-22-12;1-22-8-9(19)5-12-14(17)15-16(24-12)11(6-13(18)21-15)20-7-10-3-2-4-23-10;16-13-11(4-8(18)7-21)23-15-10(5-12(17)20-14(13)15)19-6-9-2-1-3-22-9;1-7(17)4-9-12(15)13-14(22-9)8(5-10(16)20-13)19-6-11-18-2-3-21-11/h3-5,7,11H,6,8-9,19H2,1-2H3,(H,20,21);4-6,8,10,19H,7,9H2,1-3H3,(H,20,21);2-4,6,9H,5,7-8,19H2,1H3,(H,20,21);1-3,5,8,21H,4,6-7,18H2,(H,19,20);2-3,5,7H,4,6,17H2,1H3,(H,19,20)/t11-;10-;9-;8-;7-/m10110/s1. The summed E-state index contributed by atoms with van der Waals surface area (Å²) in [5.74, 6) is 3.45. The van der Waals surface area contributed by atoms with Crippen LogP contribution in [0.4, 0.5) is 28.4 Å².